The van der Waals surface area contributed by atoms with Gasteiger partial charge in [0.2, 0.25) is 11.8 Å². The fraction of sp³-hybridized carbons (Fsp3) is 0.167. The van der Waals surface area contributed by atoms with E-state index in [9.17, 15) is 9.59 Å². The summed E-state index contributed by atoms with van der Waals surface area (Å²) >= 11 is 1.45. The van der Waals surface area contributed by atoms with Crippen LogP contribution < -0.4 is 15.4 Å². The van der Waals surface area contributed by atoms with Gasteiger partial charge in [0.25, 0.3) is 0 Å². The Labute approximate surface area is 180 Å². The van der Waals surface area contributed by atoms with Crippen molar-refractivity contribution in [2.24, 2.45) is 0 Å². The van der Waals surface area contributed by atoms with E-state index in [1.54, 1.807) is 7.11 Å². The van der Waals surface area contributed by atoms with Crippen molar-refractivity contribution in [3.63, 3.8) is 0 Å². The summed E-state index contributed by atoms with van der Waals surface area (Å²) in [5, 5.41) is 5.87. The van der Waals surface area contributed by atoms with Crippen molar-refractivity contribution < 1.29 is 14.3 Å². The van der Waals surface area contributed by atoms with Crippen molar-refractivity contribution in [3.05, 3.63) is 90.0 Å². The largest absolute Gasteiger partial charge is 0.497 e. The van der Waals surface area contributed by atoms with E-state index in [2.05, 4.69) is 10.6 Å². The smallest absolute Gasteiger partial charge is 0.231 e. The molecule has 0 aliphatic rings. The van der Waals surface area contributed by atoms with Crippen molar-refractivity contribution in [3.8, 4) is 5.75 Å². The van der Waals surface area contributed by atoms with Crippen molar-refractivity contribution in [1.29, 1.82) is 0 Å². The highest BCUT2D eigenvalue weighted by molar-refractivity contribution is 8.00. The quantitative estimate of drug-likeness (QED) is 0.521. The van der Waals surface area contributed by atoms with Crippen LogP contribution in [0.4, 0.5) is 5.69 Å². The van der Waals surface area contributed by atoms with E-state index < -0.39 is 0 Å². The Balaban J connectivity index is 1.66. The molecule has 0 radical (unpaired) electrons. The summed E-state index contributed by atoms with van der Waals surface area (Å²) in [6.45, 7) is 1.47. The molecule has 0 aromatic heterocycles. The lowest BCUT2D eigenvalue weighted by Crippen LogP contribution is -2.30. The third kappa shape index (κ3) is 6.12. The van der Waals surface area contributed by atoms with Crippen LogP contribution in [0.5, 0.6) is 5.75 Å². The zero-order valence-corrected chi connectivity index (χ0v) is 17.7. The summed E-state index contributed by atoms with van der Waals surface area (Å²) in [5.41, 5.74) is 2.74. The van der Waals surface area contributed by atoms with Gasteiger partial charge in [-0.05, 0) is 47.5 Å². The van der Waals surface area contributed by atoms with Gasteiger partial charge in [-0.25, -0.2) is 0 Å². The molecular weight excluding hydrogens is 396 g/mol. The number of amides is 2. The first-order chi connectivity index (χ1) is 14.5. The van der Waals surface area contributed by atoms with Gasteiger partial charge in [0, 0.05) is 17.5 Å². The van der Waals surface area contributed by atoms with E-state index in [1.165, 1.54) is 18.7 Å². The van der Waals surface area contributed by atoms with Crippen LogP contribution in [0.1, 0.15) is 24.1 Å². The topological polar surface area (TPSA) is 67.4 Å². The van der Waals surface area contributed by atoms with Gasteiger partial charge < -0.3 is 15.4 Å². The molecular formula is C24H24N2O3S. The lowest BCUT2D eigenvalue weighted by atomic mass is 9.98. The molecule has 0 fully saturated rings. The Kier molecular flexibility index (Phi) is 7.51. The van der Waals surface area contributed by atoms with Gasteiger partial charge in [-0.15, -0.1) is 11.8 Å². The molecule has 2 N–H and O–H groups in total. The molecule has 6 heteroatoms. The number of hydrogen-bond acceptors (Lipinski definition) is 4. The molecule has 0 aliphatic carbocycles. The molecule has 3 aromatic rings. The van der Waals surface area contributed by atoms with Crippen LogP contribution in [0.2, 0.25) is 0 Å². The standard InChI is InChI=1S/C24H24N2O3S/c1-17(27)25-20-10-14-22(15-11-20)30-16-23(28)26-24(18-6-4-3-5-7-18)19-8-12-21(29-2)13-9-19/h3-15,24H,16H2,1-2H3,(H,25,27)(H,26,28)/t24-/m1/s1. The summed E-state index contributed by atoms with van der Waals surface area (Å²) in [6, 6.07) is 24.8. The van der Waals surface area contributed by atoms with E-state index in [4.69, 9.17) is 4.74 Å². The number of anilines is 1. The van der Waals surface area contributed by atoms with Crippen molar-refractivity contribution in [2.75, 3.05) is 18.2 Å². The second-order valence-corrected chi connectivity index (χ2v) is 7.73. The molecule has 1 atom stereocenters. The number of carbonyl (C=O) groups excluding carboxylic acids is 2. The maximum absolute atomic E-state index is 12.7. The minimum absolute atomic E-state index is 0.0596. The SMILES string of the molecule is COc1ccc([C@H](NC(=O)CSc2ccc(NC(C)=O)cc2)c2ccccc2)cc1. The van der Waals surface area contributed by atoms with Gasteiger partial charge in [0.15, 0.2) is 0 Å². The maximum Gasteiger partial charge on any atom is 0.231 e. The molecule has 0 spiro atoms. The minimum Gasteiger partial charge on any atom is -0.497 e. The molecule has 0 bridgehead atoms. The molecule has 30 heavy (non-hydrogen) atoms. The van der Waals surface area contributed by atoms with Crippen LogP contribution in [-0.4, -0.2) is 24.7 Å². The maximum atomic E-state index is 12.7. The van der Waals surface area contributed by atoms with Crippen molar-refractivity contribution >= 4 is 29.3 Å². The molecule has 154 valence electrons. The fourth-order valence-electron chi connectivity index (χ4n) is 2.99. The van der Waals surface area contributed by atoms with Crippen LogP contribution in [0, 0.1) is 0 Å². The molecule has 5 nitrogen and oxygen atoms in total. The Hall–Kier alpha value is -3.25. The highest BCUT2D eigenvalue weighted by atomic mass is 32.2. The van der Waals surface area contributed by atoms with Crippen LogP contribution in [0.25, 0.3) is 0 Å². The Morgan fingerprint density at radius 3 is 2.13 bits per heavy atom. The number of nitrogens with one attached hydrogen (secondary N) is 2. The first-order valence-corrected chi connectivity index (χ1v) is 10.5. The average molecular weight is 421 g/mol. The average Bonchev–Trinajstić information content (AvgIpc) is 2.77. The summed E-state index contributed by atoms with van der Waals surface area (Å²) in [4.78, 5) is 24.8. The summed E-state index contributed by atoms with van der Waals surface area (Å²) in [7, 11) is 1.63. The van der Waals surface area contributed by atoms with Gasteiger partial charge in [-0.3, -0.25) is 9.59 Å². The van der Waals surface area contributed by atoms with Crippen molar-refractivity contribution in [1.82, 2.24) is 5.32 Å². The summed E-state index contributed by atoms with van der Waals surface area (Å²) in [5.74, 6) is 0.893. The normalized spacial score (nSPS) is 11.4. The molecule has 2 amide bonds. The van der Waals surface area contributed by atoms with Crippen molar-refractivity contribution in [2.45, 2.75) is 17.9 Å². The Morgan fingerprint density at radius 2 is 1.53 bits per heavy atom. The monoisotopic (exact) mass is 420 g/mol. The number of ether oxygens (including phenoxy) is 1. The van der Waals surface area contributed by atoms with Crippen LogP contribution in [0.15, 0.2) is 83.8 Å². The van der Waals surface area contributed by atoms with E-state index in [1.807, 2.05) is 78.9 Å². The number of benzene rings is 3. The van der Waals surface area contributed by atoms with Crippen LogP contribution in [0.3, 0.4) is 0 Å². The number of thioether (sulfide) groups is 1. The Morgan fingerprint density at radius 1 is 0.900 bits per heavy atom. The summed E-state index contributed by atoms with van der Waals surface area (Å²) in [6.07, 6.45) is 0. The lowest BCUT2D eigenvalue weighted by molar-refractivity contribution is -0.119. The summed E-state index contributed by atoms with van der Waals surface area (Å²) < 4.78 is 5.24. The first-order valence-electron chi connectivity index (χ1n) is 9.54. The van der Waals surface area contributed by atoms with E-state index in [-0.39, 0.29) is 17.9 Å². The minimum atomic E-state index is -0.243. The Bertz CT molecular complexity index is 974. The van der Waals surface area contributed by atoms with Gasteiger partial charge in [-0.1, -0.05) is 42.5 Å². The predicted octanol–water partition coefficient (Wildman–Crippen LogP) is 4.65. The number of carbonyl (C=O) groups is 2. The third-order valence-corrected chi connectivity index (χ3v) is 5.44. The van der Waals surface area contributed by atoms with E-state index >= 15 is 0 Å². The first kappa shape index (κ1) is 21.5. The lowest BCUT2D eigenvalue weighted by Gasteiger charge is -2.20. The second-order valence-electron chi connectivity index (χ2n) is 6.68. The second kappa shape index (κ2) is 10.5. The third-order valence-electron chi connectivity index (χ3n) is 4.43. The molecule has 0 aliphatic heterocycles. The molecule has 0 unspecified atom stereocenters. The van der Waals surface area contributed by atoms with Gasteiger partial charge >= 0.3 is 0 Å². The van der Waals surface area contributed by atoms with E-state index in [0.717, 1.165) is 27.5 Å². The molecule has 0 saturated carbocycles. The molecule has 3 rings (SSSR count). The number of rotatable bonds is 8. The molecule has 0 heterocycles. The fourth-order valence-corrected chi connectivity index (χ4v) is 3.70. The number of hydrogen-bond donors (Lipinski definition) is 2. The highest BCUT2D eigenvalue weighted by Gasteiger charge is 2.17. The van der Waals surface area contributed by atoms with Crippen LogP contribution in [-0.2, 0) is 9.59 Å². The molecule has 3 aromatic carbocycles. The predicted molar refractivity (Wildman–Crippen MR) is 121 cm³/mol. The van der Waals surface area contributed by atoms with Gasteiger partial charge in [-0.2, -0.15) is 0 Å². The van der Waals surface area contributed by atoms with Gasteiger partial charge in [0.05, 0.1) is 18.9 Å². The highest BCUT2D eigenvalue weighted by Crippen LogP contribution is 2.25. The molecule has 0 saturated heterocycles. The van der Waals surface area contributed by atoms with E-state index in [0.29, 0.717) is 5.75 Å². The van der Waals surface area contributed by atoms with Crippen LogP contribution >= 0.6 is 11.8 Å². The zero-order chi connectivity index (χ0) is 21.3. The zero-order valence-electron chi connectivity index (χ0n) is 16.9. The number of methoxy groups -OCH3 is 1. The van der Waals surface area contributed by atoms with Gasteiger partial charge in [0.1, 0.15) is 5.75 Å².